The van der Waals surface area contributed by atoms with Gasteiger partial charge < -0.3 is 15.2 Å². The molecule has 2 N–H and O–H groups in total. The number of rotatable bonds is 4. The first kappa shape index (κ1) is 17.3. The number of nitrogens with one attached hydrogen (secondary N) is 1. The molecule has 2 aromatic rings. The van der Waals surface area contributed by atoms with Gasteiger partial charge in [0.05, 0.1) is 11.8 Å². The van der Waals surface area contributed by atoms with Crippen molar-refractivity contribution in [2.45, 2.75) is 19.3 Å². The predicted molar refractivity (Wildman–Crippen MR) is 95.3 cm³/mol. The molecule has 2 unspecified atom stereocenters. The summed E-state index contributed by atoms with van der Waals surface area (Å²) in [5.74, 6) is -1.27. The van der Waals surface area contributed by atoms with Crippen LogP contribution in [0.1, 0.15) is 24.0 Å². The normalized spacial score (nSPS) is 17.1. The first-order valence-corrected chi connectivity index (χ1v) is 8.36. The van der Waals surface area contributed by atoms with Gasteiger partial charge in [-0.3, -0.25) is 9.59 Å². The Bertz CT molecular complexity index is 821. The summed E-state index contributed by atoms with van der Waals surface area (Å²) in [7, 11) is 0. The van der Waals surface area contributed by atoms with Crippen LogP contribution < -0.4 is 10.1 Å². The number of amides is 1. The van der Waals surface area contributed by atoms with Gasteiger partial charge in [0.15, 0.2) is 0 Å². The molecule has 1 aliphatic rings. The van der Waals surface area contributed by atoms with E-state index < -0.39 is 11.9 Å². The minimum absolute atomic E-state index is 0.161. The number of benzene rings is 2. The molecule has 1 aliphatic heterocycles. The van der Waals surface area contributed by atoms with E-state index in [2.05, 4.69) is 5.32 Å². The van der Waals surface area contributed by atoms with E-state index in [0.717, 1.165) is 11.3 Å². The van der Waals surface area contributed by atoms with E-state index in [9.17, 15) is 9.59 Å². The SMILES string of the molecule is CC(C(=O)O)c1cccc(NC(=O)C2COc3ccc(Cl)cc3C2)c1. The van der Waals surface area contributed by atoms with Crippen molar-refractivity contribution in [1.29, 1.82) is 0 Å². The lowest BCUT2D eigenvalue weighted by Crippen LogP contribution is -2.32. The second-order valence-electron chi connectivity index (χ2n) is 6.14. The van der Waals surface area contributed by atoms with Gasteiger partial charge in [-0.2, -0.15) is 0 Å². The van der Waals surface area contributed by atoms with Crippen LogP contribution >= 0.6 is 11.6 Å². The number of anilines is 1. The fraction of sp³-hybridized carbons (Fsp3) is 0.263. The molecular formula is C19H18ClNO4. The highest BCUT2D eigenvalue weighted by Crippen LogP contribution is 2.30. The third kappa shape index (κ3) is 3.94. The molecule has 5 nitrogen and oxygen atoms in total. The molecule has 2 atom stereocenters. The fourth-order valence-corrected chi connectivity index (χ4v) is 3.00. The lowest BCUT2D eigenvalue weighted by atomic mass is 9.95. The number of fused-ring (bicyclic) bond motifs is 1. The number of halogens is 1. The molecule has 1 heterocycles. The lowest BCUT2D eigenvalue weighted by molar-refractivity contribution is -0.138. The Morgan fingerprint density at radius 2 is 2.08 bits per heavy atom. The number of hydrogen-bond acceptors (Lipinski definition) is 3. The van der Waals surface area contributed by atoms with E-state index in [1.54, 1.807) is 37.3 Å². The topological polar surface area (TPSA) is 75.6 Å². The molecule has 0 fully saturated rings. The quantitative estimate of drug-likeness (QED) is 0.872. The van der Waals surface area contributed by atoms with E-state index in [1.807, 2.05) is 12.1 Å². The lowest BCUT2D eigenvalue weighted by Gasteiger charge is -2.25. The molecule has 25 heavy (non-hydrogen) atoms. The smallest absolute Gasteiger partial charge is 0.310 e. The van der Waals surface area contributed by atoms with Crippen molar-refractivity contribution in [2.24, 2.45) is 5.92 Å². The van der Waals surface area contributed by atoms with Crippen LogP contribution in [0.25, 0.3) is 0 Å². The second kappa shape index (κ2) is 7.15. The summed E-state index contributed by atoms with van der Waals surface area (Å²) in [5.41, 5.74) is 2.13. The van der Waals surface area contributed by atoms with E-state index in [1.165, 1.54) is 0 Å². The minimum Gasteiger partial charge on any atom is -0.492 e. The highest BCUT2D eigenvalue weighted by molar-refractivity contribution is 6.30. The van der Waals surface area contributed by atoms with Crippen LogP contribution in [0.5, 0.6) is 5.75 Å². The average Bonchev–Trinajstić information content (AvgIpc) is 2.60. The summed E-state index contributed by atoms with van der Waals surface area (Å²) in [6.07, 6.45) is 0.549. The average molecular weight is 360 g/mol. The first-order chi connectivity index (χ1) is 11.9. The van der Waals surface area contributed by atoms with Gasteiger partial charge in [0.25, 0.3) is 0 Å². The molecule has 0 radical (unpaired) electrons. The van der Waals surface area contributed by atoms with Crippen molar-refractivity contribution in [3.8, 4) is 5.75 Å². The molecular weight excluding hydrogens is 342 g/mol. The van der Waals surface area contributed by atoms with Crippen molar-refractivity contribution in [3.63, 3.8) is 0 Å². The molecule has 3 rings (SSSR count). The maximum absolute atomic E-state index is 12.5. The Labute approximate surface area is 150 Å². The Morgan fingerprint density at radius 1 is 1.28 bits per heavy atom. The molecule has 0 saturated carbocycles. The largest absolute Gasteiger partial charge is 0.492 e. The van der Waals surface area contributed by atoms with Gasteiger partial charge in [0.1, 0.15) is 12.4 Å². The zero-order chi connectivity index (χ0) is 18.0. The monoisotopic (exact) mass is 359 g/mol. The molecule has 0 aromatic heterocycles. The number of aliphatic carboxylic acids is 1. The standard InChI is InChI=1S/C19H18ClNO4/c1-11(19(23)24)12-3-2-4-16(9-12)21-18(22)14-7-13-8-15(20)5-6-17(13)25-10-14/h2-6,8-9,11,14H,7,10H2,1H3,(H,21,22)(H,23,24). The summed E-state index contributed by atoms with van der Waals surface area (Å²) in [5, 5.41) is 12.6. The van der Waals surface area contributed by atoms with Gasteiger partial charge in [-0.05, 0) is 54.8 Å². The van der Waals surface area contributed by atoms with E-state index in [0.29, 0.717) is 29.3 Å². The maximum Gasteiger partial charge on any atom is 0.310 e. The van der Waals surface area contributed by atoms with Crippen molar-refractivity contribution in [1.82, 2.24) is 0 Å². The maximum atomic E-state index is 12.5. The van der Waals surface area contributed by atoms with Gasteiger partial charge in [-0.15, -0.1) is 0 Å². The Balaban J connectivity index is 1.71. The highest BCUT2D eigenvalue weighted by Gasteiger charge is 2.26. The summed E-state index contributed by atoms with van der Waals surface area (Å²) in [6.45, 7) is 1.91. The van der Waals surface area contributed by atoms with Gasteiger partial charge in [0, 0.05) is 10.7 Å². The summed E-state index contributed by atoms with van der Waals surface area (Å²) < 4.78 is 5.65. The van der Waals surface area contributed by atoms with Crippen LogP contribution in [0.2, 0.25) is 5.02 Å². The van der Waals surface area contributed by atoms with Crippen molar-refractivity contribution in [3.05, 3.63) is 58.6 Å². The molecule has 1 amide bonds. The van der Waals surface area contributed by atoms with E-state index >= 15 is 0 Å². The molecule has 130 valence electrons. The molecule has 0 bridgehead atoms. The van der Waals surface area contributed by atoms with Gasteiger partial charge in [-0.25, -0.2) is 0 Å². The van der Waals surface area contributed by atoms with Crippen LogP contribution in [0, 0.1) is 5.92 Å². The number of carbonyl (C=O) groups excluding carboxylic acids is 1. The minimum atomic E-state index is -0.905. The number of ether oxygens (including phenoxy) is 1. The number of hydrogen-bond donors (Lipinski definition) is 2. The van der Waals surface area contributed by atoms with E-state index in [4.69, 9.17) is 21.4 Å². The Kier molecular flexibility index (Phi) is 4.95. The highest BCUT2D eigenvalue weighted by atomic mass is 35.5. The van der Waals surface area contributed by atoms with Crippen LogP contribution in [0.15, 0.2) is 42.5 Å². The van der Waals surface area contributed by atoms with Crippen LogP contribution in [-0.2, 0) is 16.0 Å². The third-order valence-corrected chi connectivity index (χ3v) is 4.56. The van der Waals surface area contributed by atoms with Crippen molar-refractivity contribution < 1.29 is 19.4 Å². The van der Waals surface area contributed by atoms with Gasteiger partial charge in [0.2, 0.25) is 5.91 Å². The molecule has 0 saturated heterocycles. The molecule has 0 spiro atoms. The summed E-state index contributed by atoms with van der Waals surface area (Å²) in [4.78, 5) is 23.6. The molecule has 0 aliphatic carbocycles. The van der Waals surface area contributed by atoms with Crippen molar-refractivity contribution >= 4 is 29.2 Å². The van der Waals surface area contributed by atoms with Crippen LogP contribution in [-0.4, -0.2) is 23.6 Å². The van der Waals surface area contributed by atoms with Crippen molar-refractivity contribution in [2.75, 3.05) is 11.9 Å². The fourth-order valence-electron chi connectivity index (χ4n) is 2.80. The second-order valence-corrected chi connectivity index (χ2v) is 6.58. The van der Waals surface area contributed by atoms with E-state index in [-0.39, 0.29) is 11.8 Å². The zero-order valence-electron chi connectivity index (χ0n) is 13.7. The first-order valence-electron chi connectivity index (χ1n) is 7.99. The Hall–Kier alpha value is -2.53. The zero-order valence-corrected chi connectivity index (χ0v) is 14.4. The molecule has 6 heteroatoms. The van der Waals surface area contributed by atoms with Crippen LogP contribution in [0.4, 0.5) is 5.69 Å². The summed E-state index contributed by atoms with van der Waals surface area (Å²) in [6, 6.07) is 12.3. The van der Waals surface area contributed by atoms with Gasteiger partial charge in [-0.1, -0.05) is 23.7 Å². The third-order valence-electron chi connectivity index (χ3n) is 4.32. The van der Waals surface area contributed by atoms with Gasteiger partial charge >= 0.3 is 5.97 Å². The number of carboxylic acid groups (broad SMARTS) is 1. The summed E-state index contributed by atoms with van der Waals surface area (Å²) >= 11 is 6.00. The predicted octanol–water partition coefficient (Wildman–Crippen LogP) is 3.72. The molecule has 2 aromatic carbocycles. The number of carboxylic acids is 1. The number of carbonyl (C=O) groups is 2. The van der Waals surface area contributed by atoms with Crippen LogP contribution in [0.3, 0.4) is 0 Å². The Morgan fingerprint density at radius 3 is 2.84 bits per heavy atom.